The second-order valence-electron chi connectivity index (χ2n) is 3.06. The number of aliphatic imine (C=N–C) groups is 1. The van der Waals surface area contributed by atoms with Gasteiger partial charge in [-0.3, -0.25) is 0 Å². The van der Waals surface area contributed by atoms with Crippen molar-refractivity contribution in [3.63, 3.8) is 0 Å². The van der Waals surface area contributed by atoms with Crippen LogP contribution in [0, 0.1) is 0 Å². The Hall–Kier alpha value is -1.58. The fourth-order valence-electron chi connectivity index (χ4n) is 1.44. The molecule has 4 heteroatoms. The zero-order valence-electron chi connectivity index (χ0n) is 7.10. The number of hydrogen-bond acceptors (Lipinski definition) is 3. The van der Waals surface area contributed by atoms with Gasteiger partial charge >= 0.3 is 5.97 Å². The molecule has 13 heavy (non-hydrogen) atoms. The summed E-state index contributed by atoms with van der Waals surface area (Å²) in [5.74, 6) is -0.00592. The SMILES string of the molecule is O=C(O)C1=CN=C2C=CCCN2C1. The maximum absolute atomic E-state index is 10.6. The van der Waals surface area contributed by atoms with Crippen LogP contribution in [0.2, 0.25) is 0 Å². The van der Waals surface area contributed by atoms with E-state index in [2.05, 4.69) is 11.1 Å². The summed E-state index contributed by atoms with van der Waals surface area (Å²) in [5.41, 5.74) is 0.360. The van der Waals surface area contributed by atoms with Gasteiger partial charge in [0.05, 0.1) is 12.1 Å². The highest BCUT2D eigenvalue weighted by Gasteiger charge is 2.20. The molecule has 0 aliphatic carbocycles. The lowest BCUT2D eigenvalue weighted by atomic mass is 10.1. The van der Waals surface area contributed by atoms with Crippen LogP contribution >= 0.6 is 0 Å². The molecule has 2 heterocycles. The van der Waals surface area contributed by atoms with Crippen LogP contribution in [0.3, 0.4) is 0 Å². The molecule has 4 nitrogen and oxygen atoms in total. The molecule has 1 N–H and O–H groups in total. The van der Waals surface area contributed by atoms with Crippen molar-refractivity contribution in [1.29, 1.82) is 0 Å². The van der Waals surface area contributed by atoms with Crippen molar-refractivity contribution in [2.24, 2.45) is 4.99 Å². The van der Waals surface area contributed by atoms with E-state index in [1.807, 2.05) is 11.0 Å². The lowest BCUT2D eigenvalue weighted by molar-refractivity contribution is -0.132. The summed E-state index contributed by atoms with van der Waals surface area (Å²) in [6.07, 6.45) is 6.38. The minimum atomic E-state index is -0.877. The van der Waals surface area contributed by atoms with E-state index >= 15 is 0 Å². The maximum Gasteiger partial charge on any atom is 0.334 e. The van der Waals surface area contributed by atoms with E-state index < -0.39 is 5.97 Å². The second kappa shape index (κ2) is 3.05. The van der Waals surface area contributed by atoms with Gasteiger partial charge in [-0.15, -0.1) is 0 Å². The van der Waals surface area contributed by atoms with Crippen LogP contribution in [-0.4, -0.2) is 34.9 Å². The first-order chi connectivity index (χ1) is 6.27. The largest absolute Gasteiger partial charge is 0.478 e. The van der Waals surface area contributed by atoms with E-state index in [-0.39, 0.29) is 0 Å². The van der Waals surface area contributed by atoms with Gasteiger partial charge in [0.25, 0.3) is 0 Å². The first-order valence-electron chi connectivity index (χ1n) is 4.19. The third kappa shape index (κ3) is 1.47. The summed E-state index contributed by atoms with van der Waals surface area (Å²) in [5, 5.41) is 8.75. The summed E-state index contributed by atoms with van der Waals surface area (Å²) in [4.78, 5) is 16.7. The smallest absolute Gasteiger partial charge is 0.334 e. The molecule has 0 unspecified atom stereocenters. The Labute approximate surface area is 75.9 Å². The van der Waals surface area contributed by atoms with Crippen LogP contribution in [0.15, 0.2) is 28.9 Å². The highest BCUT2D eigenvalue weighted by atomic mass is 16.4. The van der Waals surface area contributed by atoms with Gasteiger partial charge < -0.3 is 10.0 Å². The number of hydrogen-bond donors (Lipinski definition) is 1. The summed E-state index contributed by atoms with van der Waals surface area (Å²) < 4.78 is 0. The third-order valence-corrected chi connectivity index (χ3v) is 2.15. The molecule has 0 aromatic carbocycles. The quantitative estimate of drug-likeness (QED) is 0.640. The first-order valence-corrected chi connectivity index (χ1v) is 4.19. The van der Waals surface area contributed by atoms with E-state index in [4.69, 9.17) is 5.11 Å². The number of fused-ring (bicyclic) bond motifs is 1. The van der Waals surface area contributed by atoms with Crippen LogP contribution in [0.1, 0.15) is 6.42 Å². The van der Waals surface area contributed by atoms with E-state index in [9.17, 15) is 4.79 Å². The van der Waals surface area contributed by atoms with E-state index in [0.717, 1.165) is 18.8 Å². The Morgan fingerprint density at radius 2 is 2.46 bits per heavy atom. The van der Waals surface area contributed by atoms with Crippen molar-refractivity contribution in [3.8, 4) is 0 Å². The summed E-state index contributed by atoms with van der Waals surface area (Å²) >= 11 is 0. The minimum Gasteiger partial charge on any atom is -0.478 e. The van der Waals surface area contributed by atoms with Crippen molar-refractivity contribution in [1.82, 2.24) is 4.90 Å². The first kappa shape index (κ1) is 8.04. The van der Waals surface area contributed by atoms with E-state index in [1.54, 1.807) is 0 Å². The van der Waals surface area contributed by atoms with Crippen LogP contribution in [0.4, 0.5) is 0 Å². The molecule has 68 valence electrons. The second-order valence-corrected chi connectivity index (χ2v) is 3.06. The zero-order chi connectivity index (χ0) is 9.26. The molecule has 0 aromatic heterocycles. The topological polar surface area (TPSA) is 52.9 Å². The summed E-state index contributed by atoms with van der Waals surface area (Å²) in [7, 11) is 0. The minimum absolute atomic E-state index is 0.360. The summed E-state index contributed by atoms with van der Waals surface area (Å²) in [6.45, 7) is 1.33. The van der Waals surface area contributed by atoms with Gasteiger partial charge in [-0.2, -0.15) is 0 Å². The number of carbonyl (C=O) groups is 1. The van der Waals surface area contributed by atoms with E-state index in [0.29, 0.717) is 12.1 Å². The Balaban J connectivity index is 2.25. The fraction of sp³-hybridized carbons (Fsp3) is 0.333. The summed E-state index contributed by atoms with van der Waals surface area (Å²) in [6, 6.07) is 0. The number of carboxylic acids is 1. The lowest BCUT2D eigenvalue weighted by Gasteiger charge is -2.28. The Bertz CT molecular complexity index is 329. The molecule has 0 radical (unpaired) electrons. The number of carboxylic acid groups (broad SMARTS) is 1. The number of nitrogens with zero attached hydrogens (tertiary/aromatic N) is 2. The molecule has 0 aromatic rings. The molecule has 0 saturated heterocycles. The number of aliphatic carboxylic acids is 1. The Morgan fingerprint density at radius 3 is 3.23 bits per heavy atom. The molecule has 0 spiro atoms. The molecular weight excluding hydrogens is 168 g/mol. The van der Waals surface area contributed by atoms with Gasteiger partial charge in [0, 0.05) is 12.7 Å². The van der Waals surface area contributed by atoms with Gasteiger partial charge in [-0.05, 0) is 12.5 Å². The molecular formula is C9H10N2O2. The van der Waals surface area contributed by atoms with Crippen LogP contribution in [0.5, 0.6) is 0 Å². The van der Waals surface area contributed by atoms with Crippen molar-refractivity contribution in [2.45, 2.75) is 6.42 Å². The Morgan fingerprint density at radius 1 is 1.62 bits per heavy atom. The van der Waals surface area contributed by atoms with Crippen molar-refractivity contribution >= 4 is 11.8 Å². The molecule has 2 aliphatic rings. The number of rotatable bonds is 1. The lowest BCUT2D eigenvalue weighted by Crippen LogP contribution is -2.37. The van der Waals surface area contributed by atoms with Gasteiger partial charge in [0.15, 0.2) is 0 Å². The third-order valence-electron chi connectivity index (χ3n) is 2.15. The molecule has 0 amide bonds. The van der Waals surface area contributed by atoms with Crippen LogP contribution in [0.25, 0.3) is 0 Å². The maximum atomic E-state index is 10.6. The van der Waals surface area contributed by atoms with Gasteiger partial charge in [-0.1, -0.05) is 6.08 Å². The Kier molecular flexibility index (Phi) is 1.88. The van der Waals surface area contributed by atoms with E-state index in [1.165, 1.54) is 6.20 Å². The average molecular weight is 178 g/mol. The van der Waals surface area contributed by atoms with Crippen molar-refractivity contribution in [2.75, 3.05) is 13.1 Å². The van der Waals surface area contributed by atoms with Crippen LogP contribution < -0.4 is 0 Å². The van der Waals surface area contributed by atoms with Crippen LogP contribution in [-0.2, 0) is 4.79 Å². The van der Waals surface area contributed by atoms with Crippen molar-refractivity contribution < 1.29 is 9.90 Å². The fourth-order valence-corrected chi connectivity index (χ4v) is 1.44. The molecule has 0 fully saturated rings. The monoisotopic (exact) mass is 178 g/mol. The number of amidine groups is 1. The molecule has 2 aliphatic heterocycles. The zero-order valence-corrected chi connectivity index (χ0v) is 7.10. The predicted molar refractivity (Wildman–Crippen MR) is 48.5 cm³/mol. The van der Waals surface area contributed by atoms with Crippen molar-refractivity contribution in [3.05, 3.63) is 23.9 Å². The van der Waals surface area contributed by atoms with Gasteiger partial charge in [-0.25, -0.2) is 9.79 Å². The predicted octanol–water partition coefficient (Wildman–Crippen LogP) is 0.629. The van der Waals surface area contributed by atoms with Gasteiger partial charge in [0.2, 0.25) is 0 Å². The molecule has 0 atom stereocenters. The molecule has 0 bridgehead atoms. The molecule has 2 rings (SSSR count). The molecule has 0 saturated carbocycles. The van der Waals surface area contributed by atoms with Gasteiger partial charge in [0.1, 0.15) is 5.84 Å². The normalized spacial score (nSPS) is 20.5. The highest BCUT2D eigenvalue weighted by molar-refractivity contribution is 5.97. The highest BCUT2D eigenvalue weighted by Crippen LogP contribution is 2.13. The standard InChI is InChI=1S/C9H10N2O2/c12-9(13)7-5-10-8-3-1-2-4-11(8)6-7/h1,3,5H,2,4,6H2,(H,12,13). The average Bonchev–Trinajstić information content (AvgIpc) is 2.17.